The highest BCUT2D eigenvalue weighted by atomic mass is 35.5. The lowest BCUT2D eigenvalue weighted by Gasteiger charge is -2.10. The van der Waals surface area contributed by atoms with Gasteiger partial charge in [0.15, 0.2) is 5.75 Å². The molecule has 0 amide bonds. The smallest absolute Gasteiger partial charge is 0.272 e. The number of non-ortho nitro benzene ring substituents is 1. The largest absolute Gasteiger partial charge is 0.497 e. The predicted molar refractivity (Wildman–Crippen MR) is 87.5 cm³/mol. The van der Waals surface area contributed by atoms with Crippen molar-refractivity contribution in [2.45, 2.75) is 13.8 Å². The number of benzene rings is 2. The monoisotopic (exact) mass is 343 g/mol. The number of ether oxygens (including phenoxy) is 2. The van der Waals surface area contributed by atoms with Gasteiger partial charge in [-0.05, 0) is 24.3 Å². The van der Waals surface area contributed by atoms with Crippen LogP contribution in [0.15, 0.2) is 36.4 Å². The Hall–Kier alpha value is -1.98. The lowest BCUT2D eigenvalue weighted by Crippen LogP contribution is -1.91. The van der Waals surface area contributed by atoms with Gasteiger partial charge in [-0.1, -0.05) is 37.0 Å². The third-order valence-corrected chi connectivity index (χ3v) is 3.03. The van der Waals surface area contributed by atoms with E-state index in [9.17, 15) is 10.1 Å². The van der Waals surface area contributed by atoms with Crippen LogP contribution in [0, 0.1) is 10.1 Å². The summed E-state index contributed by atoms with van der Waals surface area (Å²) in [4.78, 5) is 10.1. The molecule has 22 heavy (non-hydrogen) atoms. The molecule has 0 aliphatic rings. The molecule has 0 fully saturated rings. The number of rotatable bonds is 4. The fourth-order valence-electron chi connectivity index (χ4n) is 1.51. The van der Waals surface area contributed by atoms with Crippen LogP contribution in [0.25, 0.3) is 0 Å². The van der Waals surface area contributed by atoms with Crippen molar-refractivity contribution < 1.29 is 14.4 Å². The van der Waals surface area contributed by atoms with Crippen LogP contribution in [0.1, 0.15) is 13.8 Å². The minimum absolute atomic E-state index is 0.0695. The van der Waals surface area contributed by atoms with Crippen molar-refractivity contribution in [2.75, 3.05) is 7.11 Å². The van der Waals surface area contributed by atoms with E-state index in [2.05, 4.69) is 0 Å². The second kappa shape index (κ2) is 8.46. The molecule has 0 heterocycles. The third kappa shape index (κ3) is 4.51. The zero-order valence-electron chi connectivity index (χ0n) is 12.3. The number of hydrogen-bond acceptors (Lipinski definition) is 4. The first-order valence-electron chi connectivity index (χ1n) is 6.46. The Kier molecular flexibility index (Phi) is 6.95. The van der Waals surface area contributed by atoms with Crippen molar-refractivity contribution in [2.24, 2.45) is 0 Å². The summed E-state index contributed by atoms with van der Waals surface area (Å²) in [7, 11) is 1.56. The van der Waals surface area contributed by atoms with E-state index in [4.69, 9.17) is 32.7 Å². The van der Waals surface area contributed by atoms with Crippen molar-refractivity contribution >= 4 is 28.9 Å². The van der Waals surface area contributed by atoms with Crippen LogP contribution in [0.2, 0.25) is 10.0 Å². The fourth-order valence-corrected chi connectivity index (χ4v) is 2.06. The molecule has 0 N–H and O–H groups in total. The summed E-state index contributed by atoms with van der Waals surface area (Å²) < 4.78 is 10.6. The quantitative estimate of drug-likeness (QED) is 0.525. The molecular formula is C15H15Cl2NO4. The summed E-state index contributed by atoms with van der Waals surface area (Å²) >= 11 is 11.9. The molecule has 5 nitrogen and oxygen atoms in total. The van der Waals surface area contributed by atoms with Crippen molar-refractivity contribution in [1.29, 1.82) is 0 Å². The van der Waals surface area contributed by atoms with Gasteiger partial charge in [0.25, 0.3) is 5.69 Å². The van der Waals surface area contributed by atoms with Gasteiger partial charge in [0.1, 0.15) is 11.5 Å². The van der Waals surface area contributed by atoms with Gasteiger partial charge in [-0.25, -0.2) is 0 Å². The third-order valence-electron chi connectivity index (χ3n) is 2.47. The van der Waals surface area contributed by atoms with E-state index >= 15 is 0 Å². The number of hydrogen-bond donors (Lipinski definition) is 0. The van der Waals surface area contributed by atoms with Gasteiger partial charge < -0.3 is 9.47 Å². The molecular weight excluding hydrogens is 329 g/mol. The van der Waals surface area contributed by atoms with Crippen LogP contribution in [0.3, 0.4) is 0 Å². The summed E-state index contributed by atoms with van der Waals surface area (Å²) in [6.45, 7) is 4.00. The van der Waals surface area contributed by atoms with Gasteiger partial charge in [0.2, 0.25) is 0 Å². The number of nitro benzene ring substituents is 1. The summed E-state index contributed by atoms with van der Waals surface area (Å²) in [6, 6.07) is 9.14. The molecule has 2 rings (SSSR count). The van der Waals surface area contributed by atoms with E-state index in [0.29, 0.717) is 11.5 Å². The Morgan fingerprint density at radius 2 is 1.45 bits per heavy atom. The highest BCUT2D eigenvalue weighted by molar-refractivity contribution is 6.37. The zero-order chi connectivity index (χ0) is 16.7. The molecule has 0 bridgehead atoms. The molecule has 0 saturated carbocycles. The Morgan fingerprint density at radius 1 is 1.00 bits per heavy atom. The highest BCUT2D eigenvalue weighted by Crippen LogP contribution is 2.39. The SMILES string of the molecule is CC.COc1ccc(Oc2c(Cl)cc([N+](=O)[O-])cc2Cl)cc1. The van der Waals surface area contributed by atoms with Crippen molar-refractivity contribution in [3.05, 3.63) is 56.6 Å². The van der Waals surface area contributed by atoms with E-state index in [0.717, 1.165) is 0 Å². The van der Waals surface area contributed by atoms with Crippen LogP contribution < -0.4 is 9.47 Å². The summed E-state index contributed by atoms with van der Waals surface area (Å²) in [5.74, 6) is 1.34. The second-order valence-electron chi connectivity index (χ2n) is 3.77. The standard InChI is InChI=1S/C13H9Cl2NO4.C2H6/c1-19-9-2-4-10(5-3-9)20-13-11(14)6-8(16(17)18)7-12(13)15;1-2/h2-7H,1H3;1-2H3. The van der Waals surface area contributed by atoms with Crippen LogP contribution in [-0.2, 0) is 0 Å². The Morgan fingerprint density at radius 3 is 1.86 bits per heavy atom. The number of halogens is 2. The van der Waals surface area contributed by atoms with Crippen LogP contribution in [-0.4, -0.2) is 12.0 Å². The minimum Gasteiger partial charge on any atom is -0.497 e. The molecule has 0 spiro atoms. The van der Waals surface area contributed by atoms with Crippen molar-refractivity contribution in [1.82, 2.24) is 0 Å². The van der Waals surface area contributed by atoms with Gasteiger partial charge in [0, 0.05) is 12.1 Å². The van der Waals surface area contributed by atoms with E-state index < -0.39 is 4.92 Å². The molecule has 0 radical (unpaired) electrons. The molecule has 7 heteroatoms. The van der Waals surface area contributed by atoms with Gasteiger partial charge in [-0.2, -0.15) is 0 Å². The van der Waals surface area contributed by atoms with Gasteiger partial charge in [-0.3, -0.25) is 10.1 Å². The molecule has 0 saturated heterocycles. The highest BCUT2D eigenvalue weighted by Gasteiger charge is 2.16. The average molecular weight is 344 g/mol. The van der Waals surface area contributed by atoms with E-state index in [1.807, 2.05) is 13.8 Å². The van der Waals surface area contributed by atoms with E-state index in [-0.39, 0.29) is 21.5 Å². The maximum Gasteiger partial charge on any atom is 0.272 e. The molecule has 0 aromatic heterocycles. The van der Waals surface area contributed by atoms with E-state index in [1.165, 1.54) is 12.1 Å². The maximum absolute atomic E-state index is 10.7. The predicted octanol–water partition coefficient (Wildman–Crippen LogP) is 5.73. The maximum atomic E-state index is 10.7. The molecule has 2 aromatic rings. The van der Waals surface area contributed by atoms with Crippen molar-refractivity contribution in [3.8, 4) is 17.2 Å². The topological polar surface area (TPSA) is 61.6 Å². The normalized spacial score (nSPS) is 9.50. The Labute approximate surface area is 138 Å². The molecule has 0 aliphatic carbocycles. The lowest BCUT2D eigenvalue weighted by molar-refractivity contribution is -0.384. The summed E-state index contributed by atoms with van der Waals surface area (Å²) in [5, 5.41) is 10.8. The summed E-state index contributed by atoms with van der Waals surface area (Å²) in [5.41, 5.74) is -0.193. The lowest BCUT2D eigenvalue weighted by atomic mass is 10.3. The minimum atomic E-state index is -0.574. The first-order chi connectivity index (χ1) is 10.5. The van der Waals surface area contributed by atoms with E-state index in [1.54, 1.807) is 31.4 Å². The fraction of sp³-hybridized carbons (Fsp3) is 0.200. The number of nitrogens with zero attached hydrogens (tertiary/aromatic N) is 1. The molecule has 118 valence electrons. The molecule has 0 atom stereocenters. The Balaban J connectivity index is 0.00000116. The molecule has 0 aliphatic heterocycles. The summed E-state index contributed by atoms with van der Waals surface area (Å²) in [6.07, 6.45) is 0. The average Bonchev–Trinajstić information content (AvgIpc) is 2.53. The number of methoxy groups -OCH3 is 1. The van der Waals surface area contributed by atoms with Crippen molar-refractivity contribution in [3.63, 3.8) is 0 Å². The van der Waals surface area contributed by atoms with Gasteiger partial charge in [-0.15, -0.1) is 0 Å². The van der Waals surface area contributed by atoms with Crippen LogP contribution in [0.5, 0.6) is 17.2 Å². The first-order valence-corrected chi connectivity index (χ1v) is 7.22. The first kappa shape index (κ1) is 18.1. The zero-order valence-corrected chi connectivity index (χ0v) is 13.8. The molecule has 2 aromatic carbocycles. The Bertz CT molecular complexity index is 621. The van der Waals surface area contributed by atoms with Crippen LogP contribution >= 0.6 is 23.2 Å². The molecule has 0 unspecified atom stereocenters. The van der Waals surface area contributed by atoms with Gasteiger partial charge in [0.05, 0.1) is 22.1 Å². The van der Waals surface area contributed by atoms with Gasteiger partial charge >= 0.3 is 0 Å². The van der Waals surface area contributed by atoms with Crippen LogP contribution in [0.4, 0.5) is 5.69 Å². The second-order valence-corrected chi connectivity index (χ2v) is 4.59. The number of nitro groups is 1.